The molecule has 0 bridgehead atoms. The van der Waals surface area contributed by atoms with E-state index in [1.807, 2.05) is 0 Å². The molecular weight excluding hydrogens is 281 g/mol. The minimum Gasteiger partial charge on any atom is -0.505 e. The minimum absolute atomic E-state index is 0.0194. The molecule has 21 heavy (non-hydrogen) atoms. The van der Waals surface area contributed by atoms with Crippen molar-refractivity contribution in [2.45, 2.75) is 12.5 Å². The maximum Gasteiger partial charge on any atom is 0.267 e. The first-order chi connectivity index (χ1) is 9.88. The molecule has 0 aliphatic carbocycles. The van der Waals surface area contributed by atoms with E-state index in [1.165, 1.54) is 17.7 Å². The molecule has 0 aliphatic heterocycles. The number of hydrogen-bond acceptors (Lipinski definition) is 7. The molecule has 9 heteroatoms. The third-order valence-corrected chi connectivity index (χ3v) is 2.76. The number of carbonyl (C=O) groups excluding carboxylic acids is 1. The molecule has 0 saturated carbocycles. The van der Waals surface area contributed by atoms with Gasteiger partial charge in [0, 0.05) is 24.9 Å². The quantitative estimate of drug-likeness (QED) is 0.221. The third kappa shape index (κ3) is 4.60. The van der Waals surface area contributed by atoms with Gasteiger partial charge in [0.25, 0.3) is 5.91 Å². The zero-order valence-electron chi connectivity index (χ0n) is 11.2. The number of nitrogens with two attached hydrogens (primary N) is 3. The van der Waals surface area contributed by atoms with E-state index in [-0.39, 0.29) is 18.7 Å². The van der Waals surface area contributed by atoms with Gasteiger partial charge in [-0.2, -0.15) is 0 Å². The molecule has 1 atom stereocenters. The average Bonchev–Trinajstić information content (AvgIpc) is 2.47. The molecule has 0 aromatic heterocycles. The Morgan fingerprint density at radius 2 is 2.19 bits per heavy atom. The first-order valence-corrected chi connectivity index (χ1v) is 5.99. The number of nitrogens with one attached hydrogen (secondary N) is 1. The van der Waals surface area contributed by atoms with Crippen LogP contribution in [0.2, 0.25) is 0 Å². The van der Waals surface area contributed by atoms with Gasteiger partial charge in [-0.15, -0.1) is 0 Å². The Balaban J connectivity index is 2.97. The molecule has 0 radical (unpaired) electrons. The summed E-state index contributed by atoms with van der Waals surface area (Å²) in [6, 6.07) is 2.62. The van der Waals surface area contributed by atoms with Crippen molar-refractivity contribution in [3.63, 3.8) is 0 Å². The summed E-state index contributed by atoms with van der Waals surface area (Å²) in [6.07, 6.45) is 1.23. The number of phenols is 1. The number of hydroxylamine groups is 1. The molecule has 116 valence electrons. The Labute approximate surface area is 120 Å². The monoisotopic (exact) mass is 299 g/mol. The van der Waals surface area contributed by atoms with Crippen LogP contribution >= 0.6 is 0 Å². The van der Waals surface area contributed by atoms with E-state index in [0.717, 1.165) is 17.1 Å². The molecule has 1 aromatic rings. The molecule has 0 aliphatic rings. The Kier molecular flexibility index (Phi) is 5.91. The lowest BCUT2D eigenvalue weighted by molar-refractivity contribution is -0.134. The SMILES string of the molecule is NC/C(N)=C/N(N)[C@@H](Cc1ccc(O)c(F)c1)C(=O)NO. The number of hydrazine groups is 1. The smallest absolute Gasteiger partial charge is 0.267 e. The Morgan fingerprint density at radius 3 is 2.71 bits per heavy atom. The summed E-state index contributed by atoms with van der Waals surface area (Å²) >= 11 is 0. The number of benzene rings is 1. The van der Waals surface area contributed by atoms with Crippen LogP contribution in [0.5, 0.6) is 5.75 Å². The number of phenolic OH excluding ortho intramolecular Hbond substituents is 1. The molecule has 1 aromatic carbocycles. The van der Waals surface area contributed by atoms with E-state index in [1.54, 1.807) is 0 Å². The fourth-order valence-corrected chi connectivity index (χ4v) is 1.64. The van der Waals surface area contributed by atoms with Gasteiger partial charge in [-0.1, -0.05) is 6.07 Å². The maximum atomic E-state index is 13.3. The van der Waals surface area contributed by atoms with E-state index in [4.69, 9.17) is 27.6 Å². The summed E-state index contributed by atoms with van der Waals surface area (Å²) in [5.74, 6) is 3.57. The molecule has 0 heterocycles. The summed E-state index contributed by atoms with van der Waals surface area (Å²) in [4.78, 5) is 11.7. The van der Waals surface area contributed by atoms with E-state index < -0.39 is 23.5 Å². The molecule has 1 rings (SSSR count). The highest BCUT2D eigenvalue weighted by atomic mass is 19.1. The van der Waals surface area contributed by atoms with Gasteiger partial charge in [0.15, 0.2) is 11.6 Å². The Hall–Kier alpha value is -2.36. The summed E-state index contributed by atoms with van der Waals surface area (Å²) in [5, 5.41) is 18.8. The zero-order valence-corrected chi connectivity index (χ0v) is 11.2. The van der Waals surface area contributed by atoms with Crippen LogP contribution in [-0.4, -0.2) is 33.8 Å². The van der Waals surface area contributed by atoms with Crippen molar-refractivity contribution < 1.29 is 19.5 Å². The first kappa shape index (κ1) is 16.7. The molecule has 0 fully saturated rings. The number of amides is 1. The van der Waals surface area contributed by atoms with Crippen LogP contribution < -0.4 is 22.8 Å². The van der Waals surface area contributed by atoms with Crippen molar-refractivity contribution in [1.82, 2.24) is 10.5 Å². The van der Waals surface area contributed by atoms with Crippen LogP contribution in [0.1, 0.15) is 5.56 Å². The molecule has 0 unspecified atom stereocenters. The first-order valence-electron chi connectivity index (χ1n) is 5.99. The highest BCUT2D eigenvalue weighted by Crippen LogP contribution is 2.18. The number of carbonyl (C=O) groups is 1. The molecule has 1 amide bonds. The number of nitrogens with zero attached hydrogens (tertiary/aromatic N) is 1. The van der Waals surface area contributed by atoms with Gasteiger partial charge in [-0.3, -0.25) is 10.0 Å². The van der Waals surface area contributed by atoms with Gasteiger partial charge < -0.3 is 21.6 Å². The molecule has 0 saturated heterocycles. The van der Waals surface area contributed by atoms with E-state index in [2.05, 4.69) is 0 Å². The maximum absolute atomic E-state index is 13.3. The van der Waals surface area contributed by atoms with Gasteiger partial charge in [0.1, 0.15) is 6.04 Å². The van der Waals surface area contributed by atoms with Crippen LogP contribution in [-0.2, 0) is 11.2 Å². The van der Waals surface area contributed by atoms with E-state index in [9.17, 15) is 9.18 Å². The van der Waals surface area contributed by atoms with E-state index in [0.29, 0.717) is 5.56 Å². The fourth-order valence-electron chi connectivity index (χ4n) is 1.64. The normalized spacial score (nSPS) is 12.9. The Bertz CT molecular complexity index is 538. The zero-order chi connectivity index (χ0) is 16.0. The van der Waals surface area contributed by atoms with Crippen molar-refractivity contribution in [1.29, 1.82) is 0 Å². The second kappa shape index (κ2) is 7.43. The van der Waals surface area contributed by atoms with Gasteiger partial charge in [-0.05, 0) is 17.7 Å². The summed E-state index contributed by atoms with van der Waals surface area (Å²) in [5.41, 5.74) is 12.9. The fraction of sp³-hybridized carbons (Fsp3) is 0.250. The van der Waals surface area contributed by atoms with Crippen molar-refractivity contribution in [3.05, 3.63) is 41.5 Å². The van der Waals surface area contributed by atoms with Gasteiger partial charge in [-0.25, -0.2) is 15.7 Å². The Morgan fingerprint density at radius 1 is 1.52 bits per heavy atom. The largest absolute Gasteiger partial charge is 0.505 e. The van der Waals surface area contributed by atoms with Crippen molar-refractivity contribution in [3.8, 4) is 5.75 Å². The summed E-state index contributed by atoms with van der Waals surface area (Å²) < 4.78 is 13.3. The van der Waals surface area contributed by atoms with Crippen LogP contribution in [0.4, 0.5) is 4.39 Å². The lowest BCUT2D eigenvalue weighted by Gasteiger charge is -2.25. The van der Waals surface area contributed by atoms with Gasteiger partial charge in [0.05, 0.1) is 0 Å². The van der Waals surface area contributed by atoms with Gasteiger partial charge in [0.2, 0.25) is 0 Å². The van der Waals surface area contributed by atoms with Crippen LogP contribution in [0.3, 0.4) is 0 Å². The lowest BCUT2D eigenvalue weighted by Crippen LogP contribution is -2.48. The number of aromatic hydroxyl groups is 1. The number of halogens is 1. The minimum atomic E-state index is -1.04. The summed E-state index contributed by atoms with van der Waals surface area (Å²) in [6.45, 7) is 0.0367. The van der Waals surface area contributed by atoms with Gasteiger partial charge >= 0.3 is 0 Å². The predicted molar refractivity (Wildman–Crippen MR) is 72.8 cm³/mol. The second-order valence-corrected chi connectivity index (χ2v) is 4.34. The summed E-state index contributed by atoms with van der Waals surface area (Å²) in [7, 11) is 0. The van der Waals surface area contributed by atoms with Crippen LogP contribution in [0.15, 0.2) is 30.1 Å². The van der Waals surface area contributed by atoms with E-state index >= 15 is 0 Å². The highest BCUT2D eigenvalue weighted by Gasteiger charge is 2.23. The van der Waals surface area contributed by atoms with Crippen molar-refractivity contribution >= 4 is 5.91 Å². The molecule has 9 N–H and O–H groups in total. The number of hydrogen-bond donors (Lipinski definition) is 6. The average molecular weight is 299 g/mol. The molecule has 8 nitrogen and oxygen atoms in total. The van der Waals surface area contributed by atoms with Crippen molar-refractivity contribution in [2.75, 3.05) is 6.54 Å². The number of rotatable bonds is 6. The lowest BCUT2D eigenvalue weighted by atomic mass is 10.0. The topological polar surface area (TPSA) is 151 Å². The van der Waals surface area contributed by atoms with Crippen LogP contribution in [0, 0.1) is 5.82 Å². The predicted octanol–water partition coefficient (Wildman–Crippen LogP) is -1.12. The third-order valence-electron chi connectivity index (χ3n) is 2.76. The van der Waals surface area contributed by atoms with Crippen LogP contribution in [0.25, 0.3) is 0 Å². The molecule has 0 spiro atoms. The van der Waals surface area contributed by atoms with Crippen molar-refractivity contribution in [2.24, 2.45) is 17.3 Å². The second-order valence-electron chi connectivity index (χ2n) is 4.34. The standard InChI is InChI=1S/C12H18FN5O3/c13-9-3-7(1-2-11(9)19)4-10(12(20)17-21)18(16)6-8(15)5-14/h1-3,6,10,19,21H,4-5,14-16H2,(H,17,20)/b8-6-/t10-/m0/s1. The molecular formula is C12H18FN5O3. The highest BCUT2D eigenvalue weighted by molar-refractivity contribution is 5.81.